The van der Waals surface area contributed by atoms with Gasteiger partial charge in [0.2, 0.25) is 0 Å². The van der Waals surface area contributed by atoms with E-state index in [1.807, 2.05) is 39.0 Å². The maximum Gasteiger partial charge on any atom is 0.188 e. The Bertz CT molecular complexity index is 685. The Morgan fingerprint density at radius 3 is 2.26 bits per heavy atom. The molecule has 6 heteroatoms. The van der Waals surface area contributed by atoms with Crippen molar-refractivity contribution in [2.45, 2.75) is 26.9 Å². The second-order valence-electron chi connectivity index (χ2n) is 5.19. The molecular formula is C17H17Cl2LiO2P. The first-order chi connectivity index (χ1) is 10.4. The van der Waals surface area contributed by atoms with Gasteiger partial charge in [0, 0.05) is 18.9 Å². The molecule has 1 atom stereocenters. The molecule has 2 aromatic rings. The second kappa shape index (κ2) is 9.12. The molecule has 0 amide bonds. The summed E-state index contributed by atoms with van der Waals surface area (Å²) in [7, 11) is -0.0238. The predicted octanol–water partition coefficient (Wildman–Crippen LogP) is 4.85. The second-order valence-corrected chi connectivity index (χ2v) is 7.25. The first kappa shape index (κ1) is 20.6. The molecule has 2 nitrogen and oxygen atoms in total. The monoisotopic (exact) mass is 361 g/mol. The van der Waals surface area contributed by atoms with Gasteiger partial charge in [0.1, 0.15) is 5.75 Å². The van der Waals surface area contributed by atoms with E-state index in [1.165, 1.54) is 0 Å². The van der Waals surface area contributed by atoms with Crippen molar-refractivity contribution in [2.24, 2.45) is 0 Å². The zero-order valence-electron chi connectivity index (χ0n) is 13.6. The van der Waals surface area contributed by atoms with Crippen molar-refractivity contribution in [1.29, 1.82) is 0 Å². The van der Waals surface area contributed by atoms with Gasteiger partial charge < -0.3 is 4.74 Å². The van der Waals surface area contributed by atoms with Gasteiger partial charge in [-0.15, -0.1) is 0 Å². The van der Waals surface area contributed by atoms with Crippen LogP contribution in [0, 0.1) is 6.92 Å². The third-order valence-electron chi connectivity index (χ3n) is 3.01. The average Bonchev–Trinajstić information content (AvgIpc) is 2.41. The van der Waals surface area contributed by atoms with E-state index in [0.29, 0.717) is 15.6 Å². The SMILES string of the molecule is Cc1cc(OC(C)C)ccc1PC(=O)c1c(Cl)cccc1Cl.[Li]. The van der Waals surface area contributed by atoms with E-state index < -0.39 is 0 Å². The van der Waals surface area contributed by atoms with Gasteiger partial charge in [0.25, 0.3) is 0 Å². The Morgan fingerprint density at radius 2 is 1.74 bits per heavy atom. The molecule has 0 aliphatic heterocycles. The molecule has 2 rings (SSSR count). The van der Waals surface area contributed by atoms with E-state index in [2.05, 4.69) is 0 Å². The fourth-order valence-electron chi connectivity index (χ4n) is 2.02. The summed E-state index contributed by atoms with van der Waals surface area (Å²) < 4.78 is 5.65. The zero-order chi connectivity index (χ0) is 16.3. The van der Waals surface area contributed by atoms with Crippen molar-refractivity contribution in [1.82, 2.24) is 0 Å². The average molecular weight is 362 g/mol. The van der Waals surface area contributed by atoms with Crippen LogP contribution in [0.3, 0.4) is 0 Å². The van der Waals surface area contributed by atoms with Gasteiger partial charge in [-0.25, -0.2) is 0 Å². The summed E-state index contributed by atoms with van der Waals surface area (Å²) in [5.41, 5.74) is 1.36. The number of hydrogen-bond acceptors (Lipinski definition) is 2. The van der Waals surface area contributed by atoms with Crippen LogP contribution in [0.1, 0.15) is 29.8 Å². The van der Waals surface area contributed by atoms with Gasteiger partial charge in [-0.2, -0.15) is 0 Å². The zero-order valence-corrected chi connectivity index (χ0v) is 16.1. The fraction of sp³-hybridized carbons (Fsp3) is 0.235. The summed E-state index contributed by atoms with van der Waals surface area (Å²) in [6.07, 6.45) is 0.122. The van der Waals surface area contributed by atoms with Crippen LogP contribution in [0.4, 0.5) is 0 Å². The molecule has 0 aliphatic rings. The van der Waals surface area contributed by atoms with E-state index in [4.69, 9.17) is 27.9 Å². The summed E-state index contributed by atoms with van der Waals surface area (Å²) in [6, 6.07) is 10.8. The van der Waals surface area contributed by atoms with E-state index in [-0.39, 0.29) is 39.1 Å². The Morgan fingerprint density at radius 1 is 1.13 bits per heavy atom. The van der Waals surface area contributed by atoms with Crippen LogP contribution in [0.25, 0.3) is 0 Å². The molecule has 0 spiro atoms. The molecule has 0 heterocycles. The number of rotatable bonds is 5. The van der Waals surface area contributed by atoms with Crippen molar-refractivity contribution in [2.75, 3.05) is 0 Å². The van der Waals surface area contributed by atoms with Crippen molar-refractivity contribution in [3.05, 3.63) is 57.6 Å². The topological polar surface area (TPSA) is 26.3 Å². The predicted molar refractivity (Wildman–Crippen MR) is 101 cm³/mol. The van der Waals surface area contributed by atoms with Gasteiger partial charge in [-0.1, -0.05) is 35.3 Å². The minimum absolute atomic E-state index is 0. The van der Waals surface area contributed by atoms with Gasteiger partial charge in [0.15, 0.2) is 5.52 Å². The van der Waals surface area contributed by atoms with Crippen LogP contribution in [0.2, 0.25) is 10.0 Å². The summed E-state index contributed by atoms with van der Waals surface area (Å²) >= 11 is 12.2. The smallest absolute Gasteiger partial charge is 0.188 e. The first-order valence-electron chi connectivity index (χ1n) is 6.91. The van der Waals surface area contributed by atoms with Crippen LogP contribution in [0.5, 0.6) is 5.75 Å². The normalized spacial score (nSPS) is 10.9. The summed E-state index contributed by atoms with van der Waals surface area (Å²) in [4.78, 5) is 12.5. The Hall–Kier alpha value is -0.483. The van der Waals surface area contributed by atoms with Crippen molar-refractivity contribution in [3.63, 3.8) is 0 Å². The number of carbonyl (C=O) groups is 1. The first-order valence-corrected chi connectivity index (χ1v) is 8.66. The van der Waals surface area contributed by atoms with E-state index in [1.54, 1.807) is 18.2 Å². The minimum Gasteiger partial charge on any atom is -0.491 e. The van der Waals surface area contributed by atoms with Crippen LogP contribution < -0.4 is 10.0 Å². The molecule has 0 saturated heterocycles. The molecular weight excluding hydrogens is 345 g/mol. The number of benzene rings is 2. The van der Waals surface area contributed by atoms with Crippen LogP contribution in [-0.4, -0.2) is 30.5 Å². The van der Waals surface area contributed by atoms with Gasteiger partial charge in [0.05, 0.1) is 21.7 Å². The van der Waals surface area contributed by atoms with Crippen LogP contribution >= 0.6 is 31.8 Å². The maximum atomic E-state index is 12.5. The quantitative estimate of drug-likeness (QED) is 0.561. The number of hydrogen-bond donors (Lipinski definition) is 0. The minimum atomic E-state index is -0.0590. The largest absolute Gasteiger partial charge is 0.491 e. The summed E-state index contributed by atoms with van der Waals surface area (Å²) in [6.45, 7) is 5.93. The van der Waals surface area contributed by atoms with Crippen molar-refractivity contribution >= 4 is 61.5 Å². The number of ether oxygens (including phenoxy) is 1. The van der Waals surface area contributed by atoms with Gasteiger partial charge in [-0.05, 0) is 64.5 Å². The van der Waals surface area contributed by atoms with Crippen LogP contribution in [0.15, 0.2) is 36.4 Å². The molecule has 0 bridgehead atoms. The third-order valence-corrected chi connectivity index (χ3v) is 4.95. The number of aryl methyl sites for hydroxylation is 1. The molecule has 0 aliphatic carbocycles. The summed E-state index contributed by atoms with van der Waals surface area (Å²) in [5.74, 6) is 0.810. The molecule has 0 aromatic heterocycles. The third kappa shape index (κ3) is 5.52. The molecule has 0 saturated carbocycles. The Labute approximate surface area is 160 Å². The number of halogens is 2. The maximum absolute atomic E-state index is 12.5. The van der Waals surface area contributed by atoms with Crippen LogP contribution in [-0.2, 0) is 0 Å². The molecule has 0 fully saturated rings. The van der Waals surface area contributed by atoms with E-state index in [0.717, 1.165) is 16.6 Å². The van der Waals surface area contributed by atoms with Gasteiger partial charge >= 0.3 is 0 Å². The Balaban J connectivity index is 0.00000264. The number of carbonyl (C=O) groups excluding carboxylic acids is 1. The Kier molecular flexibility index (Phi) is 8.15. The van der Waals surface area contributed by atoms with E-state index >= 15 is 0 Å². The molecule has 1 unspecified atom stereocenters. The molecule has 23 heavy (non-hydrogen) atoms. The molecule has 2 aromatic carbocycles. The standard InChI is InChI=1S/C17H17Cl2O2P.Li/c1-10(2)21-12-7-8-15(11(3)9-12)22-17(20)16-13(18)5-4-6-14(16)19;/h4-10,22H,1-3H3;. The molecule has 1 radical (unpaired) electrons. The summed E-state index contributed by atoms with van der Waals surface area (Å²) in [5, 5.41) is 1.75. The molecule has 0 N–H and O–H groups in total. The van der Waals surface area contributed by atoms with E-state index in [9.17, 15) is 4.79 Å². The van der Waals surface area contributed by atoms with Crippen molar-refractivity contribution < 1.29 is 9.53 Å². The van der Waals surface area contributed by atoms with Crippen molar-refractivity contribution in [3.8, 4) is 5.75 Å². The van der Waals surface area contributed by atoms with Gasteiger partial charge in [-0.3, -0.25) is 4.79 Å². The fourth-order valence-corrected chi connectivity index (χ4v) is 3.82. The molecule has 117 valence electrons.